The molecule has 2 heterocycles. The molecule has 0 saturated carbocycles. The van der Waals surface area contributed by atoms with Crippen molar-refractivity contribution in [3.8, 4) is 11.4 Å². The Morgan fingerprint density at radius 2 is 2.11 bits per heavy atom. The summed E-state index contributed by atoms with van der Waals surface area (Å²) in [6.45, 7) is 10.5. The van der Waals surface area contributed by atoms with Crippen LogP contribution in [0.2, 0.25) is 0 Å². The van der Waals surface area contributed by atoms with Crippen LogP contribution >= 0.6 is 23.1 Å². The van der Waals surface area contributed by atoms with Crippen LogP contribution in [0.3, 0.4) is 0 Å². The maximum atomic E-state index is 12.4. The van der Waals surface area contributed by atoms with E-state index in [2.05, 4.69) is 46.5 Å². The summed E-state index contributed by atoms with van der Waals surface area (Å²) in [6.07, 6.45) is 1.81. The fourth-order valence-corrected chi connectivity index (χ4v) is 4.16. The molecule has 0 spiro atoms. The first-order valence-corrected chi connectivity index (χ1v) is 10.4. The fourth-order valence-electron chi connectivity index (χ4n) is 2.73. The van der Waals surface area contributed by atoms with Gasteiger partial charge >= 0.3 is 0 Å². The molecular weight excluding hydrogens is 376 g/mol. The van der Waals surface area contributed by atoms with E-state index in [1.807, 2.05) is 36.6 Å². The van der Waals surface area contributed by atoms with E-state index in [1.54, 1.807) is 11.3 Å². The van der Waals surface area contributed by atoms with Crippen LogP contribution < -0.4 is 5.32 Å². The number of carbonyl (C=O) groups excluding carboxylic acids is 1. The lowest BCUT2D eigenvalue weighted by molar-refractivity contribution is -0.113. The highest BCUT2D eigenvalue weighted by Gasteiger charge is 2.16. The minimum Gasteiger partial charge on any atom is -0.325 e. The van der Waals surface area contributed by atoms with Crippen LogP contribution in [-0.4, -0.2) is 26.4 Å². The van der Waals surface area contributed by atoms with Gasteiger partial charge in [-0.05, 0) is 38.5 Å². The number of aromatic nitrogens is 3. The minimum atomic E-state index is -0.0620. The Labute approximate surface area is 167 Å². The number of anilines is 1. The highest BCUT2D eigenvalue weighted by Crippen LogP contribution is 2.27. The van der Waals surface area contributed by atoms with Gasteiger partial charge in [0.05, 0.1) is 5.75 Å². The molecule has 1 amide bonds. The maximum Gasteiger partial charge on any atom is 0.234 e. The van der Waals surface area contributed by atoms with Gasteiger partial charge in [0, 0.05) is 28.1 Å². The lowest BCUT2D eigenvalue weighted by Gasteiger charge is -2.09. The van der Waals surface area contributed by atoms with E-state index >= 15 is 0 Å². The molecule has 140 valence electrons. The van der Waals surface area contributed by atoms with Gasteiger partial charge in [-0.2, -0.15) is 0 Å². The summed E-state index contributed by atoms with van der Waals surface area (Å²) in [5.74, 6) is 1.01. The van der Waals surface area contributed by atoms with E-state index in [4.69, 9.17) is 0 Å². The smallest absolute Gasteiger partial charge is 0.234 e. The molecule has 3 rings (SSSR count). The zero-order valence-electron chi connectivity index (χ0n) is 15.7. The molecule has 2 aromatic heterocycles. The van der Waals surface area contributed by atoms with Gasteiger partial charge < -0.3 is 5.32 Å². The molecule has 5 nitrogen and oxygen atoms in total. The van der Waals surface area contributed by atoms with E-state index in [0.29, 0.717) is 11.7 Å². The first-order valence-electron chi connectivity index (χ1n) is 8.57. The number of rotatable bonds is 7. The van der Waals surface area contributed by atoms with Crippen molar-refractivity contribution in [1.82, 2.24) is 14.8 Å². The number of hydrogen-bond donors (Lipinski definition) is 1. The van der Waals surface area contributed by atoms with Gasteiger partial charge in [0.2, 0.25) is 5.91 Å². The average Bonchev–Trinajstić information content (AvgIpc) is 3.22. The molecule has 3 aromatic rings. The minimum absolute atomic E-state index is 0.0620. The van der Waals surface area contributed by atoms with Crippen LogP contribution in [-0.2, 0) is 11.3 Å². The van der Waals surface area contributed by atoms with Crippen LogP contribution in [0.5, 0.6) is 0 Å². The zero-order valence-corrected chi connectivity index (χ0v) is 17.3. The summed E-state index contributed by atoms with van der Waals surface area (Å²) < 4.78 is 1.99. The SMILES string of the molecule is C=CCn1c(SCC(=O)Nc2ccc(C)cc2C)nnc1-c1csc(C)c1. The second-order valence-electron chi connectivity index (χ2n) is 6.31. The number of carbonyl (C=O) groups is 1. The van der Waals surface area contributed by atoms with Crippen molar-refractivity contribution in [1.29, 1.82) is 0 Å². The Morgan fingerprint density at radius 1 is 1.30 bits per heavy atom. The van der Waals surface area contributed by atoms with E-state index in [-0.39, 0.29) is 11.7 Å². The molecule has 0 fully saturated rings. The van der Waals surface area contributed by atoms with Gasteiger partial charge in [0.25, 0.3) is 0 Å². The molecule has 1 aromatic carbocycles. The number of nitrogens with one attached hydrogen (secondary N) is 1. The van der Waals surface area contributed by atoms with Crippen LogP contribution in [0.1, 0.15) is 16.0 Å². The highest BCUT2D eigenvalue weighted by molar-refractivity contribution is 7.99. The molecule has 0 aliphatic carbocycles. The Bertz CT molecular complexity index is 974. The largest absolute Gasteiger partial charge is 0.325 e. The summed E-state index contributed by atoms with van der Waals surface area (Å²) in [7, 11) is 0. The molecule has 0 aliphatic heterocycles. The Kier molecular flexibility index (Phi) is 6.13. The number of benzene rings is 1. The van der Waals surface area contributed by atoms with Crippen molar-refractivity contribution in [2.45, 2.75) is 32.5 Å². The third-order valence-corrected chi connectivity index (χ3v) is 5.83. The van der Waals surface area contributed by atoms with Crippen LogP contribution in [0.25, 0.3) is 11.4 Å². The quantitative estimate of drug-likeness (QED) is 0.457. The van der Waals surface area contributed by atoms with Gasteiger partial charge in [-0.3, -0.25) is 9.36 Å². The van der Waals surface area contributed by atoms with Crippen molar-refractivity contribution in [2.75, 3.05) is 11.1 Å². The number of allylic oxidation sites excluding steroid dienone is 1. The van der Waals surface area contributed by atoms with Gasteiger partial charge in [-0.25, -0.2) is 0 Å². The molecule has 0 aliphatic rings. The van der Waals surface area contributed by atoms with E-state index in [1.165, 1.54) is 22.2 Å². The molecule has 0 radical (unpaired) electrons. The van der Waals surface area contributed by atoms with E-state index in [0.717, 1.165) is 22.6 Å². The lowest BCUT2D eigenvalue weighted by Crippen LogP contribution is -2.15. The molecular formula is C20H22N4OS2. The lowest BCUT2D eigenvalue weighted by atomic mass is 10.1. The third kappa shape index (κ3) is 4.67. The van der Waals surface area contributed by atoms with Gasteiger partial charge in [0.1, 0.15) is 0 Å². The topological polar surface area (TPSA) is 59.8 Å². The molecule has 0 saturated heterocycles. The zero-order chi connectivity index (χ0) is 19.4. The number of thioether (sulfide) groups is 1. The second kappa shape index (κ2) is 8.54. The van der Waals surface area contributed by atoms with Crippen LogP contribution in [0.15, 0.2) is 47.5 Å². The molecule has 0 unspecified atom stereocenters. The molecule has 1 N–H and O–H groups in total. The summed E-state index contributed by atoms with van der Waals surface area (Å²) in [5, 5.41) is 14.4. The molecule has 0 atom stereocenters. The predicted octanol–water partition coefficient (Wildman–Crippen LogP) is 4.85. The van der Waals surface area contributed by atoms with E-state index < -0.39 is 0 Å². The highest BCUT2D eigenvalue weighted by atomic mass is 32.2. The number of nitrogens with zero attached hydrogens (tertiary/aromatic N) is 3. The summed E-state index contributed by atoms with van der Waals surface area (Å²) in [4.78, 5) is 13.6. The van der Waals surface area contributed by atoms with Gasteiger partial charge in [-0.15, -0.1) is 28.1 Å². The number of thiophene rings is 1. The average molecular weight is 399 g/mol. The van der Waals surface area contributed by atoms with Crippen LogP contribution in [0, 0.1) is 20.8 Å². The van der Waals surface area contributed by atoms with Crippen LogP contribution in [0.4, 0.5) is 5.69 Å². The molecule has 27 heavy (non-hydrogen) atoms. The maximum absolute atomic E-state index is 12.4. The predicted molar refractivity (Wildman–Crippen MR) is 114 cm³/mol. The number of aryl methyl sites for hydroxylation is 3. The Hall–Kier alpha value is -2.38. The van der Waals surface area contributed by atoms with Crippen molar-refractivity contribution >= 4 is 34.7 Å². The fraction of sp³-hybridized carbons (Fsp3) is 0.250. The summed E-state index contributed by atoms with van der Waals surface area (Å²) in [6, 6.07) is 8.07. The molecule has 0 bridgehead atoms. The van der Waals surface area contributed by atoms with Crippen molar-refractivity contribution in [2.24, 2.45) is 0 Å². The van der Waals surface area contributed by atoms with Gasteiger partial charge in [-0.1, -0.05) is 35.5 Å². The Balaban J connectivity index is 1.71. The van der Waals surface area contributed by atoms with Crippen molar-refractivity contribution in [3.63, 3.8) is 0 Å². The van der Waals surface area contributed by atoms with Gasteiger partial charge in [0.15, 0.2) is 11.0 Å². The first-order chi connectivity index (χ1) is 13.0. The normalized spacial score (nSPS) is 10.8. The molecule has 7 heteroatoms. The summed E-state index contributed by atoms with van der Waals surface area (Å²) in [5.41, 5.74) is 4.11. The Morgan fingerprint density at radius 3 is 2.78 bits per heavy atom. The standard InChI is InChI=1S/C20H22N4OS2/c1-5-8-24-19(16-10-15(4)26-11-16)22-23-20(24)27-12-18(25)21-17-7-6-13(2)9-14(17)3/h5-7,9-11H,1,8,12H2,2-4H3,(H,21,25). The number of amides is 1. The van der Waals surface area contributed by atoms with E-state index in [9.17, 15) is 4.79 Å². The first kappa shape index (κ1) is 19.4. The van der Waals surface area contributed by atoms with Crippen molar-refractivity contribution < 1.29 is 4.79 Å². The number of hydrogen-bond acceptors (Lipinski definition) is 5. The monoisotopic (exact) mass is 398 g/mol. The summed E-state index contributed by atoms with van der Waals surface area (Å²) >= 11 is 3.06. The third-order valence-electron chi connectivity index (χ3n) is 4.01. The second-order valence-corrected chi connectivity index (χ2v) is 8.36. The van der Waals surface area contributed by atoms with Crippen molar-refractivity contribution in [3.05, 3.63) is 58.3 Å².